The number of carbonyl (C=O) groups is 2. The third-order valence-electron chi connectivity index (χ3n) is 5.39. The van der Waals surface area contributed by atoms with Gasteiger partial charge < -0.3 is 24.7 Å². The molecule has 1 atom stereocenters. The second-order valence-corrected chi connectivity index (χ2v) is 10.1. The largest absolute Gasteiger partial charge is 0.454 e. The predicted molar refractivity (Wildman–Crippen MR) is 137 cm³/mol. The van der Waals surface area contributed by atoms with Crippen LogP contribution in [0.25, 0.3) is 0 Å². The Morgan fingerprint density at radius 1 is 1.11 bits per heavy atom. The molecule has 2 N–H and O–H groups in total. The molecule has 1 unspecified atom stereocenters. The zero-order valence-electron chi connectivity index (χ0n) is 19.6. The number of nitrogens with one attached hydrogen (secondary N) is 2. The van der Waals surface area contributed by atoms with Crippen LogP contribution in [-0.2, 0) is 11.3 Å². The van der Waals surface area contributed by atoms with E-state index in [4.69, 9.17) is 9.47 Å². The van der Waals surface area contributed by atoms with Gasteiger partial charge >= 0.3 is 0 Å². The maximum absolute atomic E-state index is 13.0. The standard InChI is InChI=1S/C24H26BrN5O4S/c1-4-30-22(28-29-24(30)35-12-20(31)26-17-8-6-16(25)7-9-17)21(14(2)3)27-23(32)15-5-10-18-19(11-15)34-13-33-18/h5-11,14,21H,4,12-13H2,1-3H3,(H,26,31)(H,27,32). The molecule has 0 spiro atoms. The van der Waals surface area contributed by atoms with Crippen molar-refractivity contribution in [1.82, 2.24) is 20.1 Å². The first-order chi connectivity index (χ1) is 16.9. The second-order valence-electron chi connectivity index (χ2n) is 8.19. The van der Waals surface area contributed by atoms with Crippen LogP contribution in [0.5, 0.6) is 11.5 Å². The number of aromatic nitrogens is 3. The van der Waals surface area contributed by atoms with Crippen LogP contribution in [0, 0.1) is 5.92 Å². The van der Waals surface area contributed by atoms with Crippen LogP contribution in [0.2, 0.25) is 0 Å². The van der Waals surface area contributed by atoms with E-state index in [0.717, 1.165) is 10.2 Å². The van der Waals surface area contributed by atoms with E-state index in [0.29, 0.717) is 34.6 Å². The molecule has 2 amide bonds. The minimum Gasteiger partial charge on any atom is -0.454 e. The topological polar surface area (TPSA) is 107 Å². The Morgan fingerprint density at radius 3 is 2.57 bits per heavy atom. The van der Waals surface area contributed by atoms with E-state index in [1.807, 2.05) is 49.6 Å². The Hall–Kier alpha value is -3.05. The lowest BCUT2D eigenvalue weighted by Gasteiger charge is -2.22. The minimum absolute atomic E-state index is 0.0565. The molecule has 2 aromatic carbocycles. The van der Waals surface area contributed by atoms with E-state index in [9.17, 15) is 9.59 Å². The average Bonchev–Trinajstić information content (AvgIpc) is 3.48. The van der Waals surface area contributed by atoms with E-state index in [2.05, 4.69) is 36.8 Å². The summed E-state index contributed by atoms with van der Waals surface area (Å²) in [4.78, 5) is 25.4. The monoisotopic (exact) mass is 559 g/mol. The fourth-order valence-electron chi connectivity index (χ4n) is 3.59. The first kappa shape index (κ1) is 25.1. The fraction of sp³-hybridized carbons (Fsp3) is 0.333. The van der Waals surface area contributed by atoms with Gasteiger partial charge in [0.05, 0.1) is 11.8 Å². The van der Waals surface area contributed by atoms with Gasteiger partial charge in [-0.25, -0.2) is 0 Å². The number of anilines is 1. The van der Waals surface area contributed by atoms with Crippen molar-refractivity contribution in [3.63, 3.8) is 0 Å². The molecule has 2 heterocycles. The molecule has 1 aliphatic heterocycles. The van der Waals surface area contributed by atoms with Gasteiger partial charge in [-0.15, -0.1) is 10.2 Å². The van der Waals surface area contributed by atoms with Crippen LogP contribution in [0.3, 0.4) is 0 Å². The zero-order valence-corrected chi connectivity index (χ0v) is 22.0. The summed E-state index contributed by atoms with van der Waals surface area (Å²) >= 11 is 4.69. The van der Waals surface area contributed by atoms with Gasteiger partial charge in [0.25, 0.3) is 5.91 Å². The zero-order chi connectivity index (χ0) is 24.9. The lowest BCUT2D eigenvalue weighted by atomic mass is 10.0. The summed E-state index contributed by atoms with van der Waals surface area (Å²) in [5.74, 6) is 1.68. The van der Waals surface area contributed by atoms with Crippen LogP contribution < -0.4 is 20.1 Å². The molecule has 0 fully saturated rings. The van der Waals surface area contributed by atoms with Gasteiger partial charge in [-0.1, -0.05) is 41.5 Å². The molecule has 0 radical (unpaired) electrons. The second kappa shape index (κ2) is 11.1. The molecule has 35 heavy (non-hydrogen) atoms. The van der Waals surface area contributed by atoms with Crippen molar-refractivity contribution in [1.29, 1.82) is 0 Å². The summed E-state index contributed by atoms with van der Waals surface area (Å²) in [6.45, 7) is 6.75. The van der Waals surface area contributed by atoms with E-state index < -0.39 is 0 Å². The van der Waals surface area contributed by atoms with Gasteiger partial charge in [-0.2, -0.15) is 0 Å². The van der Waals surface area contributed by atoms with Crippen molar-refractivity contribution in [2.24, 2.45) is 5.92 Å². The van der Waals surface area contributed by atoms with E-state index in [1.54, 1.807) is 18.2 Å². The summed E-state index contributed by atoms with van der Waals surface area (Å²) in [5.41, 5.74) is 1.20. The summed E-state index contributed by atoms with van der Waals surface area (Å²) < 4.78 is 13.6. The Bertz CT molecular complexity index is 1220. The Balaban J connectivity index is 1.44. The molecular formula is C24H26BrN5O4S. The van der Waals surface area contributed by atoms with Crippen LogP contribution in [0.15, 0.2) is 52.1 Å². The highest BCUT2D eigenvalue weighted by Crippen LogP contribution is 2.33. The molecule has 3 aromatic rings. The lowest BCUT2D eigenvalue weighted by Crippen LogP contribution is -2.33. The number of hydrogen-bond acceptors (Lipinski definition) is 7. The van der Waals surface area contributed by atoms with Crippen molar-refractivity contribution in [3.8, 4) is 11.5 Å². The SMILES string of the molecule is CCn1c(SCC(=O)Nc2ccc(Br)cc2)nnc1C(NC(=O)c1ccc2c(c1)OCO2)C(C)C. The average molecular weight is 560 g/mol. The molecule has 0 saturated heterocycles. The third kappa shape index (κ3) is 5.96. The summed E-state index contributed by atoms with van der Waals surface area (Å²) in [7, 11) is 0. The maximum atomic E-state index is 13.0. The lowest BCUT2D eigenvalue weighted by molar-refractivity contribution is -0.113. The quantitative estimate of drug-likeness (QED) is 0.367. The van der Waals surface area contributed by atoms with Gasteiger partial charge in [0.2, 0.25) is 12.7 Å². The molecule has 11 heteroatoms. The Morgan fingerprint density at radius 2 is 1.86 bits per heavy atom. The number of halogens is 1. The van der Waals surface area contributed by atoms with Gasteiger partial charge in [0.15, 0.2) is 22.5 Å². The molecule has 4 rings (SSSR count). The number of rotatable bonds is 9. The summed E-state index contributed by atoms with van der Waals surface area (Å²) in [5, 5.41) is 15.3. The smallest absolute Gasteiger partial charge is 0.252 e. The minimum atomic E-state index is -0.369. The molecule has 0 saturated carbocycles. The fourth-order valence-corrected chi connectivity index (χ4v) is 4.66. The number of nitrogens with zero attached hydrogens (tertiary/aromatic N) is 3. The molecule has 184 valence electrons. The first-order valence-corrected chi connectivity index (χ1v) is 13.0. The highest BCUT2D eigenvalue weighted by molar-refractivity contribution is 9.10. The van der Waals surface area contributed by atoms with Crippen molar-refractivity contribution < 1.29 is 19.1 Å². The number of hydrogen-bond donors (Lipinski definition) is 2. The Kier molecular flexibility index (Phi) is 7.97. The normalized spacial score (nSPS) is 13.1. The molecular weight excluding hydrogens is 534 g/mol. The number of benzene rings is 2. The van der Waals surface area contributed by atoms with E-state index in [1.165, 1.54) is 11.8 Å². The third-order valence-corrected chi connectivity index (χ3v) is 6.88. The molecule has 0 bridgehead atoms. The summed E-state index contributed by atoms with van der Waals surface area (Å²) in [6.07, 6.45) is 0. The van der Waals surface area contributed by atoms with Gasteiger partial charge in [0.1, 0.15) is 0 Å². The number of carbonyl (C=O) groups excluding carboxylic acids is 2. The van der Waals surface area contributed by atoms with Crippen LogP contribution in [0.1, 0.15) is 43.0 Å². The highest BCUT2D eigenvalue weighted by Gasteiger charge is 2.27. The summed E-state index contributed by atoms with van der Waals surface area (Å²) in [6, 6.07) is 12.1. The predicted octanol–water partition coefficient (Wildman–Crippen LogP) is 4.65. The van der Waals surface area contributed by atoms with Crippen LogP contribution >= 0.6 is 27.7 Å². The van der Waals surface area contributed by atoms with Crippen molar-refractivity contribution in [2.45, 2.75) is 38.5 Å². The van der Waals surface area contributed by atoms with Crippen LogP contribution in [-0.4, -0.2) is 39.1 Å². The molecule has 0 aliphatic carbocycles. The van der Waals surface area contributed by atoms with Gasteiger partial charge in [-0.3, -0.25) is 9.59 Å². The van der Waals surface area contributed by atoms with Crippen LogP contribution in [0.4, 0.5) is 5.69 Å². The Labute approximate surface area is 216 Å². The van der Waals surface area contributed by atoms with Crippen molar-refractivity contribution in [3.05, 3.63) is 58.3 Å². The highest BCUT2D eigenvalue weighted by atomic mass is 79.9. The van der Waals surface area contributed by atoms with E-state index >= 15 is 0 Å². The van der Waals surface area contributed by atoms with E-state index in [-0.39, 0.29) is 36.3 Å². The van der Waals surface area contributed by atoms with Gasteiger partial charge in [0, 0.05) is 22.3 Å². The molecule has 1 aromatic heterocycles. The molecule has 9 nitrogen and oxygen atoms in total. The first-order valence-electron chi connectivity index (χ1n) is 11.2. The van der Waals surface area contributed by atoms with Gasteiger partial charge in [-0.05, 0) is 55.3 Å². The number of fused-ring (bicyclic) bond motifs is 1. The molecule has 1 aliphatic rings. The number of ether oxygens (including phenoxy) is 2. The number of thioether (sulfide) groups is 1. The van der Waals surface area contributed by atoms with Crippen molar-refractivity contribution >= 4 is 45.2 Å². The number of amides is 2. The maximum Gasteiger partial charge on any atom is 0.252 e. The van der Waals surface area contributed by atoms with Crippen molar-refractivity contribution in [2.75, 3.05) is 17.9 Å².